The minimum absolute atomic E-state index is 0.290. The molecule has 98 valence electrons. The van der Waals surface area contributed by atoms with Gasteiger partial charge in [0, 0.05) is 12.7 Å². The lowest BCUT2D eigenvalue weighted by molar-refractivity contribution is 0.940. The zero-order valence-corrected chi connectivity index (χ0v) is 10.5. The maximum Gasteiger partial charge on any atom is 0.223 e. The Balaban J connectivity index is 2.01. The summed E-state index contributed by atoms with van der Waals surface area (Å²) in [6, 6.07) is 5.59. The maximum atomic E-state index is 5.94. The smallest absolute Gasteiger partial charge is 0.223 e. The van der Waals surface area contributed by atoms with Gasteiger partial charge in [0.15, 0.2) is 5.65 Å². The van der Waals surface area contributed by atoms with Crippen LogP contribution >= 0.6 is 0 Å². The van der Waals surface area contributed by atoms with E-state index in [4.69, 9.17) is 5.73 Å². The van der Waals surface area contributed by atoms with E-state index in [-0.39, 0.29) is 0 Å². The van der Waals surface area contributed by atoms with Crippen LogP contribution in [0.3, 0.4) is 0 Å². The number of nitrogen functional groups attached to an aromatic ring is 1. The van der Waals surface area contributed by atoms with Crippen molar-refractivity contribution in [1.29, 1.82) is 0 Å². The van der Waals surface area contributed by atoms with Gasteiger partial charge < -0.3 is 11.1 Å². The number of rotatable bonds is 1. The van der Waals surface area contributed by atoms with Gasteiger partial charge in [-0.1, -0.05) is 12.6 Å². The number of fused-ring (bicyclic) bond motifs is 3. The van der Waals surface area contributed by atoms with Crippen LogP contribution in [0.5, 0.6) is 0 Å². The topological polar surface area (TPSA) is 94.0 Å². The summed E-state index contributed by atoms with van der Waals surface area (Å²) in [5.41, 5.74) is 9.76. The minimum Gasteiger partial charge on any atom is -0.376 e. The molecule has 0 fully saturated rings. The van der Waals surface area contributed by atoms with E-state index in [1.807, 2.05) is 18.2 Å². The molecule has 7 nitrogen and oxygen atoms in total. The molecule has 3 N–H and O–H groups in total. The summed E-state index contributed by atoms with van der Waals surface area (Å²) >= 11 is 0. The quantitative estimate of drug-likeness (QED) is 0.686. The molecule has 0 aromatic carbocycles. The van der Waals surface area contributed by atoms with E-state index in [1.54, 1.807) is 6.20 Å². The second kappa shape index (κ2) is 3.77. The molecule has 4 rings (SSSR count). The predicted octanol–water partition coefficient (Wildman–Crippen LogP) is 1.21. The summed E-state index contributed by atoms with van der Waals surface area (Å²) in [6.07, 6.45) is 1.70. The van der Waals surface area contributed by atoms with Gasteiger partial charge in [0.25, 0.3) is 0 Å². The second-order valence-electron chi connectivity index (χ2n) is 4.54. The van der Waals surface area contributed by atoms with Gasteiger partial charge in [0.2, 0.25) is 11.8 Å². The van der Waals surface area contributed by atoms with E-state index in [0.717, 1.165) is 17.0 Å². The molecule has 0 aliphatic carbocycles. The molecule has 1 aliphatic heterocycles. The molecule has 1 aliphatic rings. The van der Waals surface area contributed by atoms with E-state index in [2.05, 4.69) is 31.9 Å². The van der Waals surface area contributed by atoms with Gasteiger partial charge in [0.1, 0.15) is 11.4 Å². The average molecular weight is 265 g/mol. The Morgan fingerprint density at radius 1 is 1.30 bits per heavy atom. The number of pyridine rings is 1. The molecule has 0 atom stereocenters. The van der Waals surface area contributed by atoms with Crippen LogP contribution in [0.2, 0.25) is 0 Å². The zero-order valence-electron chi connectivity index (χ0n) is 10.5. The summed E-state index contributed by atoms with van der Waals surface area (Å²) < 4.78 is 1.52. The molecule has 0 radical (unpaired) electrons. The number of nitrogens with two attached hydrogens (primary N) is 1. The van der Waals surface area contributed by atoms with E-state index >= 15 is 0 Å². The van der Waals surface area contributed by atoms with Crippen molar-refractivity contribution in [3.05, 3.63) is 36.7 Å². The Morgan fingerprint density at radius 2 is 2.20 bits per heavy atom. The first-order chi connectivity index (χ1) is 9.74. The van der Waals surface area contributed by atoms with Crippen molar-refractivity contribution in [1.82, 2.24) is 24.6 Å². The third kappa shape index (κ3) is 1.40. The lowest BCUT2D eigenvalue weighted by atomic mass is 10.2. The third-order valence-electron chi connectivity index (χ3n) is 3.22. The monoisotopic (exact) mass is 265 g/mol. The van der Waals surface area contributed by atoms with Gasteiger partial charge in [-0.3, -0.25) is 4.98 Å². The van der Waals surface area contributed by atoms with Crippen molar-refractivity contribution in [3.63, 3.8) is 0 Å². The Morgan fingerprint density at radius 3 is 3.00 bits per heavy atom. The largest absolute Gasteiger partial charge is 0.376 e. The van der Waals surface area contributed by atoms with Crippen molar-refractivity contribution in [2.45, 2.75) is 0 Å². The molecular weight excluding hydrogens is 254 g/mol. The highest BCUT2D eigenvalue weighted by Gasteiger charge is 2.23. The van der Waals surface area contributed by atoms with Crippen LogP contribution in [0.4, 0.5) is 11.6 Å². The third-order valence-corrected chi connectivity index (χ3v) is 3.22. The van der Waals surface area contributed by atoms with Crippen LogP contribution in [0.15, 0.2) is 31.0 Å². The molecule has 20 heavy (non-hydrogen) atoms. The first kappa shape index (κ1) is 10.9. The van der Waals surface area contributed by atoms with Crippen molar-refractivity contribution < 1.29 is 0 Å². The number of aromatic nitrogens is 5. The summed E-state index contributed by atoms with van der Waals surface area (Å²) in [4.78, 5) is 13.1. The van der Waals surface area contributed by atoms with Crippen molar-refractivity contribution >= 4 is 22.9 Å². The lowest BCUT2D eigenvalue weighted by Gasteiger charge is -2.02. The summed E-state index contributed by atoms with van der Waals surface area (Å²) in [5.74, 6) is 0.810. The highest BCUT2D eigenvalue weighted by Crippen LogP contribution is 2.32. The molecule has 3 aromatic rings. The minimum atomic E-state index is 0.290. The van der Waals surface area contributed by atoms with Gasteiger partial charge >= 0.3 is 0 Å². The molecule has 0 amide bonds. The molecule has 0 bridgehead atoms. The highest BCUT2D eigenvalue weighted by molar-refractivity contribution is 5.89. The van der Waals surface area contributed by atoms with Crippen LogP contribution in [0.25, 0.3) is 22.7 Å². The lowest BCUT2D eigenvalue weighted by Crippen LogP contribution is -2.04. The van der Waals surface area contributed by atoms with Crippen LogP contribution in [0.1, 0.15) is 5.69 Å². The number of hydrogen-bond donors (Lipinski definition) is 2. The second-order valence-corrected chi connectivity index (χ2v) is 4.54. The van der Waals surface area contributed by atoms with Gasteiger partial charge in [-0.15, -0.1) is 5.10 Å². The van der Waals surface area contributed by atoms with E-state index in [1.165, 1.54) is 4.52 Å². The molecule has 0 saturated heterocycles. The normalized spacial score (nSPS) is 13.5. The van der Waals surface area contributed by atoms with Gasteiger partial charge in [-0.2, -0.15) is 4.52 Å². The number of nitrogens with one attached hydrogen (secondary N) is 1. The van der Waals surface area contributed by atoms with E-state index in [0.29, 0.717) is 29.7 Å². The van der Waals surface area contributed by atoms with Crippen molar-refractivity contribution in [2.24, 2.45) is 0 Å². The van der Waals surface area contributed by atoms with Crippen molar-refractivity contribution in [3.8, 4) is 11.5 Å². The Labute approximate surface area is 114 Å². The van der Waals surface area contributed by atoms with Crippen LogP contribution in [-0.4, -0.2) is 31.1 Å². The highest BCUT2D eigenvalue weighted by atomic mass is 15.4. The molecule has 4 heterocycles. The Kier molecular flexibility index (Phi) is 2.06. The maximum absolute atomic E-state index is 5.94. The summed E-state index contributed by atoms with van der Waals surface area (Å²) in [6.45, 7) is 4.60. The number of anilines is 2. The molecule has 7 heteroatoms. The fourth-order valence-electron chi connectivity index (χ4n) is 2.26. The van der Waals surface area contributed by atoms with Crippen LogP contribution < -0.4 is 11.1 Å². The van der Waals surface area contributed by atoms with Crippen molar-refractivity contribution in [2.75, 3.05) is 17.6 Å². The SMILES string of the molecule is C=C1CNc2c1nc(N)n1nc(-c3ccccn3)nc21. The molecule has 3 aromatic heterocycles. The average Bonchev–Trinajstić information content (AvgIpc) is 3.05. The zero-order chi connectivity index (χ0) is 13.7. The van der Waals surface area contributed by atoms with Gasteiger partial charge in [0.05, 0.1) is 5.69 Å². The predicted molar refractivity (Wildman–Crippen MR) is 75.9 cm³/mol. The van der Waals surface area contributed by atoms with E-state index < -0.39 is 0 Å². The molecule has 0 spiro atoms. The number of hydrogen-bond acceptors (Lipinski definition) is 6. The first-order valence-electron chi connectivity index (χ1n) is 6.14. The molecule has 0 saturated carbocycles. The van der Waals surface area contributed by atoms with Gasteiger partial charge in [-0.25, -0.2) is 9.97 Å². The van der Waals surface area contributed by atoms with E-state index in [9.17, 15) is 0 Å². The fraction of sp³-hybridized carbons (Fsp3) is 0.0769. The van der Waals surface area contributed by atoms with Crippen LogP contribution in [0, 0.1) is 0 Å². The standard InChI is InChI=1S/C13H11N7/c1-7-6-16-10-9(7)17-13(14)20-12(10)18-11(19-20)8-4-2-3-5-15-8/h2-5,16H,1,6H2,(H2,14,17). The Hall–Kier alpha value is -2.96. The van der Waals surface area contributed by atoms with Crippen LogP contribution in [-0.2, 0) is 0 Å². The number of nitrogens with zero attached hydrogens (tertiary/aromatic N) is 5. The van der Waals surface area contributed by atoms with Gasteiger partial charge in [-0.05, 0) is 17.7 Å². The molecular formula is C13H11N7. The summed E-state index contributed by atoms with van der Waals surface area (Å²) in [7, 11) is 0. The summed E-state index contributed by atoms with van der Waals surface area (Å²) in [5, 5.41) is 7.59. The Bertz CT molecular complexity index is 835. The fourth-order valence-corrected chi connectivity index (χ4v) is 2.26. The molecule has 0 unspecified atom stereocenters. The first-order valence-corrected chi connectivity index (χ1v) is 6.14.